The lowest BCUT2D eigenvalue weighted by molar-refractivity contribution is 0.0630. The van der Waals surface area contributed by atoms with Crippen LogP contribution in [0.2, 0.25) is 0 Å². The SMILES string of the molecule is CC(O)C1CCCN(CCCS(=O)O)C1. The van der Waals surface area contributed by atoms with Crippen molar-refractivity contribution in [3.63, 3.8) is 0 Å². The van der Waals surface area contributed by atoms with Gasteiger partial charge in [-0.3, -0.25) is 0 Å². The van der Waals surface area contributed by atoms with Gasteiger partial charge in [-0.15, -0.1) is 0 Å². The molecule has 15 heavy (non-hydrogen) atoms. The molecule has 90 valence electrons. The molecule has 0 saturated carbocycles. The van der Waals surface area contributed by atoms with Gasteiger partial charge in [0.2, 0.25) is 0 Å². The van der Waals surface area contributed by atoms with Gasteiger partial charge in [0.05, 0.1) is 11.9 Å². The second kappa shape index (κ2) is 6.58. The molecule has 0 aliphatic carbocycles. The standard InChI is InChI=1S/C10H21NO3S/c1-9(12)10-4-2-5-11(8-10)6-3-7-15(13)14/h9-10,12H,2-8H2,1H3,(H,13,14). The maximum atomic E-state index is 10.5. The smallest absolute Gasteiger partial charge is 0.152 e. The quantitative estimate of drug-likeness (QED) is 0.688. The summed E-state index contributed by atoms with van der Waals surface area (Å²) in [6.07, 6.45) is 2.74. The predicted molar refractivity (Wildman–Crippen MR) is 61.1 cm³/mol. The summed E-state index contributed by atoms with van der Waals surface area (Å²) in [6.45, 7) is 4.70. The van der Waals surface area contributed by atoms with E-state index in [0.29, 0.717) is 11.7 Å². The zero-order valence-corrected chi connectivity index (χ0v) is 10.1. The lowest BCUT2D eigenvalue weighted by Crippen LogP contribution is -2.40. The maximum absolute atomic E-state index is 10.5. The second-order valence-corrected chi connectivity index (χ2v) is 5.37. The first-order valence-electron chi connectivity index (χ1n) is 5.57. The van der Waals surface area contributed by atoms with E-state index >= 15 is 0 Å². The molecule has 1 aliphatic heterocycles. The topological polar surface area (TPSA) is 60.8 Å². The van der Waals surface area contributed by atoms with E-state index in [0.717, 1.165) is 38.9 Å². The molecular formula is C10H21NO3S. The van der Waals surface area contributed by atoms with E-state index in [1.165, 1.54) is 0 Å². The van der Waals surface area contributed by atoms with Crippen molar-refractivity contribution < 1.29 is 13.9 Å². The van der Waals surface area contributed by atoms with Crippen LogP contribution < -0.4 is 0 Å². The summed E-state index contributed by atoms with van der Waals surface area (Å²) in [7, 11) is 0. The average molecular weight is 235 g/mol. The Morgan fingerprint density at radius 1 is 1.60 bits per heavy atom. The van der Waals surface area contributed by atoms with Crippen molar-refractivity contribution in [3.8, 4) is 0 Å². The number of hydrogen-bond acceptors (Lipinski definition) is 3. The highest BCUT2D eigenvalue weighted by molar-refractivity contribution is 7.79. The van der Waals surface area contributed by atoms with Crippen LogP contribution in [0.3, 0.4) is 0 Å². The van der Waals surface area contributed by atoms with Gasteiger partial charge in [0, 0.05) is 6.54 Å². The normalized spacial score (nSPS) is 27.5. The van der Waals surface area contributed by atoms with Gasteiger partial charge >= 0.3 is 0 Å². The van der Waals surface area contributed by atoms with Crippen LogP contribution in [0.15, 0.2) is 0 Å². The monoisotopic (exact) mass is 235 g/mol. The van der Waals surface area contributed by atoms with Crippen LogP contribution in [-0.4, -0.2) is 50.3 Å². The first-order valence-corrected chi connectivity index (χ1v) is 6.85. The summed E-state index contributed by atoms with van der Waals surface area (Å²) in [6, 6.07) is 0. The highest BCUT2D eigenvalue weighted by Crippen LogP contribution is 2.19. The summed E-state index contributed by atoms with van der Waals surface area (Å²) in [4.78, 5) is 2.29. The lowest BCUT2D eigenvalue weighted by Gasteiger charge is -2.34. The van der Waals surface area contributed by atoms with E-state index < -0.39 is 11.1 Å². The number of aliphatic hydroxyl groups excluding tert-OH is 1. The molecule has 1 aliphatic rings. The Morgan fingerprint density at radius 3 is 2.93 bits per heavy atom. The fourth-order valence-electron chi connectivity index (χ4n) is 2.10. The van der Waals surface area contributed by atoms with Gasteiger partial charge in [-0.1, -0.05) is 0 Å². The molecule has 0 amide bonds. The zero-order chi connectivity index (χ0) is 11.3. The van der Waals surface area contributed by atoms with E-state index in [1.807, 2.05) is 6.92 Å². The van der Waals surface area contributed by atoms with Crippen LogP contribution >= 0.6 is 0 Å². The molecule has 2 N–H and O–H groups in total. The Balaban J connectivity index is 2.21. The molecule has 0 aromatic heterocycles. The molecule has 3 atom stereocenters. The molecule has 0 aromatic carbocycles. The van der Waals surface area contributed by atoms with Crippen LogP contribution in [0, 0.1) is 5.92 Å². The highest BCUT2D eigenvalue weighted by Gasteiger charge is 2.22. The Morgan fingerprint density at radius 2 is 2.33 bits per heavy atom. The first kappa shape index (κ1) is 13.1. The molecule has 4 nitrogen and oxygen atoms in total. The van der Waals surface area contributed by atoms with Crippen molar-refractivity contribution in [2.24, 2.45) is 5.92 Å². The molecule has 0 spiro atoms. The summed E-state index contributed by atoms with van der Waals surface area (Å²) in [5.41, 5.74) is 0. The van der Waals surface area contributed by atoms with Crippen LogP contribution in [-0.2, 0) is 11.1 Å². The minimum absolute atomic E-state index is 0.236. The largest absolute Gasteiger partial charge is 0.393 e. The number of hydrogen-bond donors (Lipinski definition) is 2. The molecule has 0 aromatic rings. The second-order valence-electron chi connectivity index (χ2n) is 4.32. The van der Waals surface area contributed by atoms with Crippen LogP contribution in [0.5, 0.6) is 0 Å². The first-order chi connectivity index (χ1) is 7.09. The fraction of sp³-hybridized carbons (Fsp3) is 1.00. The summed E-state index contributed by atoms with van der Waals surface area (Å²) >= 11 is -1.66. The zero-order valence-electron chi connectivity index (χ0n) is 9.26. The van der Waals surface area contributed by atoms with Gasteiger partial charge in [-0.2, -0.15) is 0 Å². The van der Waals surface area contributed by atoms with E-state index in [4.69, 9.17) is 4.55 Å². The minimum Gasteiger partial charge on any atom is -0.393 e. The van der Waals surface area contributed by atoms with Crippen molar-refractivity contribution in [2.45, 2.75) is 32.3 Å². The minimum atomic E-state index is -1.66. The van der Waals surface area contributed by atoms with Gasteiger partial charge in [-0.05, 0) is 45.2 Å². The number of piperidine rings is 1. The lowest BCUT2D eigenvalue weighted by atomic mass is 9.93. The van der Waals surface area contributed by atoms with E-state index in [1.54, 1.807) is 0 Å². The van der Waals surface area contributed by atoms with Crippen molar-refractivity contribution in [1.29, 1.82) is 0 Å². The van der Waals surface area contributed by atoms with E-state index in [2.05, 4.69) is 4.90 Å². The summed E-state index contributed by atoms with van der Waals surface area (Å²) in [5, 5.41) is 9.49. The average Bonchev–Trinajstić information content (AvgIpc) is 2.17. The third kappa shape index (κ3) is 5.06. The molecule has 3 unspecified atom stereocenters. The molecular weight excluding hydrogens is 214 g/mol. The molecule has 1 rings (SSSR count). The Hall–Kier alpha value is 0.0300. The van der Waals surface area contributed by atoms with Crippen molar-refractivity contribution >= 4 is 11.1 Å². The van der Waals surface area contributed by atoms with Crippen LogP contribution in [0.4, 0.5) is 0 Å². The van der Waals surface area contributed by atoms with Crippen molar-refractivity contribution in [2.75, 3.05) is 25.4 Å². The molecule has 0 bridgehead atoms. The van der Waals surface area contributed by atoms with Gasteiger partial charge in [0.1, 0.15) is 0 Å². The van der Waals surface area contributed by atoms with Crippen LogP contribution in [0.1, 0.15) is 26.2 Å². The Bertz CT molecular complexity index is 211. The van der Waals surface area contributed by atoms with Gasteiger partial charge in [0.15, 0.2) is 11.1 Å². The van der Waals surface area contributed by atoms with Crippen molar-refractivity contribution in [1.82, 2.24) is 4.90 Å². The summed E-state index contributed by atoms with van der Waals surface area (Å²) < 4.78 is 19.1. The number of aliphatic hydroxyl groups is 1. The van der Waals surface area contributed by atoms with Crippen molar-refractivity contribution in [3.05, 3.63) is 0 Å². The molecule has 0 radical (unpaired) electrons. The van der Waals surface area contributed by atoms with Crippen LogP contribution in [0.25, 0.3) is 0 Å². The highest BCUT2D eigenvalue weighted by atomic mass is 32.2. The molecule has 5 heteroatoms. The Labute approximate surface area is 93.9 Å². The maximum Gasteiger partial charge on any atom is 0.152 e. The molecule has 1 saturated heterocycles. The predicted octanol–water partition coefficient (Wildman–Crippen LogP) is 0.691. The fourth-order valence-corrected chi connectivity index (χ4v) is 2.48. The van der Waals surface area contributed by atoms with E-state index in [-0.39, 0.29) is 6.10 Å². The molecule has 1 heterocycles. The third-order valence-corrected chi connectivity index (χ3v) is 3.66. The van der Waals surface area contributed by atoms with Gasteiger partial charge < -0.3 is 14.6 Å². The summed E-state index contributed by atoms with van der Waals surface area (Å²) in [5.74, 6) is 0.730. The van der Waals surface area contributed by atoms with E-state index in [9.17, 15) is 9.32 Å². The third-order valence-electron chi connectivity index (χ3n) is 3.02. The molecule has 1 fully saturated rings. The van der Waals surface area contributed by atoms with Gasteiger partial charge in [0.25, 0.3) is 0 Å². The number of nitrogens with zero attached hydrogens (tertiary/aromatic N) is 1. The Kier molecular flexibility index (Phi) is 5.74. The number of rotatable bonds is 5. The number of likely N-dealkylation sites (tertiary alicyclic amines) is 1. The van der Waals surface area contributed by atoms with Gasteiger partial charge in [-0.25, -0.2) is 4.21 Å².